The van der Waals surface area contributed by atoms with Gasteiger partial charge in [-0.3, -0.25) is 0 Å². The van der Waals surface area contributed by atoms with Gasteiger partial charge in [0.15, 0.2) is 0 Å². The lowest BCUT2D eigenvalue weighted by atomic mass is 10.4. The quantitative estimate of drug-likeness (QED) is 0.377. The molecular formula is C9H13ClSi. The van der Waals surface area contributed by atoms with Crippen LogP contribution in [-0.2, 0) is 0 Å². The van der Waals surface area contributed by atoms with Crippen LogP contribution >= 0.6 is 11.1 Å². The van der Waals surface area contributed by atoms with E-state index >= 15 is 0 Å². The molecule has 0 aliphatic rings. The Hall–Kier alpha value is -0.533. The van der Waals surface area contributed by atoms with Crippen LogP contribution in [0.4, 0.5) is 0 Å². The lowest BCUT2D eigenvalue weighted by Crippen LogP contribution is -1.64. The van der Waals surface area contributed by atoms with Gasteiger partial charge in [0.05, 0.1) is 0 Å². The van der Waals surface area contributed by atoms with Gasteiger partial charge in [0.1, 0.15) is 8.83 Å². The average molecular weight is 185 g/mol. The van der Waals surface area contributed by atoms with Crippen LogP contribution in [0.5, 0.6) is 0 Å². The Labute approximate surface area is 75.4 Å². The molecule has 0 N–H and O–H groups in total. The van der Waals surface area contributed by atoms with Crippen molar-refractivity contribution in [1.29, 1.82) is 0 Å². The monoisotopic (exact) mass is 184 g/mol. The molecule has 0 radical (unpaired) electrons. The standard InChI is InChI=1S/C6H6.C3H7ClSi/c1-2-4-6-5-3-1;1-2-3-5-4/h1-6H;2H,1,3,5H2. The highest BCUT2D eigenvalue weighted by molar-refractivity contribution is 6.93. The summed E-state index contributed by atoms with van der Waals surface area (Å²) in [5, 5.41) is 0. The summed E-state index contributed by atoms with van der Waals surface area (Å²) >= 11 is 5.37. The second-order valence-electron chi connectivity index (χ2n) is 1.92. The highest BCUT2D eigenvalue weighted by atomic mass is 35.6. The second-order valence-corrected chi connectivity index (χ2v) is 4.01. The van der Waals surface area contributed by atoms with E-state index in [-0.39, 0.29) is 8.83 Å². The van der Waals surface area contributed by atoms with E-state index in [0.29, 0.717) is 0 Å². The van der Waals surface area contributed by atoms with E-state index in [9.17, 15) is 0 Å². The molecule has 0 atom stereocenters. The number of benzene rings is 1. The van der Waals surface area contributed by atoms with Crippen LogP contribution in [-0.4, -0.2) is 8.83 Å². The third-order valence-electron chi connectivity index (χ3n) is 0.980. The smallest absolute Gasteiger partial charge is 0.129 e. The molecule has 0 heterocycles. The molecule has 0 aliphatic carbocycles. The van der Waals surface area contributed by atoms with E-state index in [1.165, 1.54) is 0 Å². The molecule has 0 spiro atoms. The first-order chi connectivity index (χ1) is 5.41. The van der Waals surface area contributed by atoms with Gasteiger partial charge in [0, 0.05) is 0 Å². The van der Waals surface area contributed by atoms with Gasteiger partial charge in [-0.25, -0.2) is 0 Å². The minimum absolute atomic E-state index is 0.232. The Morgan fingerprint density at radius 2 is 1.45 bits per heavy atom. The molecule has 0 aromatic heterocycles. The Morgan fingerprint density at radius 3 is 1.55 bits per heavy atom. The molecular weight excluding hydrogens is 172 g/mol. The van der Waals surface area contributed by atoms with E-state index in [1.807, 2.05) is 42.5 Å². The Balaban J connectivity index is 0.000000187. The molecule has 0 amide bonds. The number of rotatable bonds is 2. The summed E-state index contributed by atoms with van der Waals surface area (Å²) in [4.78, 5) is 0. The Morgan fingerprint density at radius 1 is 1.09 bits per heavy atom. The van der Waals surface area contributed by atoms with Gasteiger partial charge >= 0.3 is 0 Å². The van der Waals surface area contributed by atoms with E-state index in [4.69, 9.17) is 11.1 Å². The number of hydrogen-bond acceptors (Lipinski definition) is 0. The van der Waals surface area contributed by atoms with Crippen LogP contribution in [0.1, 0.15) is 0 Å². The van der Waals surface area contributed by atoms with Gasteiger partial charge in [-0.05, 0) is 6.04 Å². The van der Waals surface area contributed by atoms with E-state index in [0.717, 1.165) is 6.04 Å². The largest absolute Gasteiger partial charge is 0.176 e. The minimum atomic E-state index is -0.232. The van der Waals surface area contributed by atoms with Crippen LogP contribution in [0.15, 0.2) is 49.1 Å². The summed E-state index contributed by atoms with van der Waals surface area (Å²) in [6.07, 6.45) is 1.86. The van der Waals surface area contributed by atoms with Crippen LogP contribution in [0.3, 0.4) is 0 Å². The molecule has 1 rings (SSSR count). The van der Waals surface area contributed by atoms with Gasteiger partial charge < -0.3 is 0 Å². The predicted octanol–water partition coefficient (Wildman–Crippen LogP) is 2.60. The van der Waals surface area contributed by atoms with Crippen LogP contribution in [0.2, 0.25) is 6.04 Å². The molecule has 0 saturated carbocycles. The Bertz CT molecular complexity index is 136. The van der Waals surface area contributed by atoms with Crippen molar-refractivity contribution in [3.8, 4) is 0 Å². The molecule has 1 aromatic carbocycles. The summed E-state index contributed by atoms with van der Waals surface area (Å²) < 4.78 is 0. The van der Waals surface area contributed by atoms with E-state index in [1.54, 1.807) is 0 Å². The van der Waals surface area contributed by atoms with Gasteiger partial charge in [0.2, 0.25) is 0 Å². The molecule has 11 heavy (non-hydrogen) atoms. The summed E-state index contributed by atoms with van der Waals surface area (Å²) in [7, 11) is -0.232. The maximum Gasteiger partial charge on any atom is 0.129 e. The fourth-order valence-electron chi connectivity index (χ4n) is 0.462. The molecule has 1 aromatic rings. The lowest BCUT2D eigenvalue weighted by Gasteiger charge is -1.69. The van der Waals surface area contributed by atoms with Crippen molar-refractivity contribution in [3.63, 3.8) is 0 Å². The average Bonchev–Trinajstić information content (AvgIpc) is 2.10. The van der Waals surface area contributed by atoms with Gasteiger partial charge in [0.25, 0.3) is 0 Å². The molecule has 0 bridgehead atoms. The fourth-order valence-corrected chi connectivity index (χ4v) is 1.08. The molecule has 0 unspecified atom stereocenters. The van der Waals surface area contributed by atoms with Gasteiger partial charge in [-0.2, -0.15) is 11.1 Å². The SMILES string of the molecule is C=CC[SiH2]Cl.c1ccccc1. The fraction of sp³-hybridized carbons (Fsp3) is 0.111. The van der Waals surface area contributed by atoms with Gasteiger partial charge in [-0.1, -0.05) is 42.5 Å². The zero-order valence-electron chi connectivity index (χ0n) is 6.54. The van der Waals surface area contributed by atoms with Crippen LogP contribution < -0.4 is 0 Å². The Kier molecular flexibility index (Phi) is 9.01. The van der Waals surface area contributed by atoms with Crippen molar-refractivity contribution in [2.45, 2.75) is 6.04 Å². The highest BCUT2D eigenvalue weighted by Gasteiger charge is 1.66. The predicted molar refractivity (Wildman–Crippen MR) is 55.8 cm³/mol. The second kappa shape index (κ2) is 9.47. The summed E-state index contributed by atoms with van der Waals surface area (Å²) in [6.45, 7) is 3.50. The molecule has 0 fully saturated rings. The van der Waals surface area contributed by atoms with E-state index < -0.39 is 0 Å². The lowest BCUT2D eigenvalue weighted by molar-refractivity contribution is 1.72. The van der Waals surface area contributed by atoms with Crippen molar-refractivity contribution in [1.82, 2.24) is 0 Å². The normalized spacial score (nSPS) is 8.82. The molecule has 60 valence electrons. The first kappa shape index (κ1) is 10.5. The van der Waals surface area contributed by atoms with Crippen molar-refractivity contribution in [2.75, 3.05) is 0 Å². The minimum Gasteiger partial charge on any atom is -0.176 e. The van der Waals surface area contributed by atoms with Crippen molar-refractivity contribution < 1.29 is 0 Å². The third-order valence-corrected chi connectivity index (χ3v) is 2.26. The van der Waals surface area contributed by atoms with Gasteiger partial charge in [-0.15, -0.1) is 6.58 Å². The highest BCUT2D eigenvalue weighted by Crippen LogP contribution is 1.80. The first-order valence-electron chi connectivity index (χ1n) is 3.58. The molecule has 2 heteroatoms. The number of hydrogen-bond donors (Lipinski definition) is 0. The van der Waals surface area contributed by atoms with Crippen molar-refractivity contribution >= 4 is 19.9 Å². The zero-order chi connectivity index (χ0) is 8.36. The molecule has 0 aliphatic heterocycles. The third kappa shape index (κ3) is 9.47. The molecule has 0 saturated heterocycles. The number of halogens is 1. The van der Waals surface area contributed by atoms with Crippen LogP contribution in [0.25, 0.3) is 0 Å². The maximum atomic E-state index is 5.37. The summed E-state index contributed by atoms with van der Waals surface area (Å²) in [5.41, 5.74) is 0. The van der Waals surface area contributed by atoms with E-state index in [2.05, 4.69) is 6.58 Å². The topological polar surface area (TPSA) is 0 Å². The molecule has 0 nitrogen and oxygen atoms in total. The van der Waals surface area contributed by atoms with Crippen molar-refractivity contribution in [2.24, 2.45) is 0 Å². The number of allylic oxidation sites excluding steroid dienone is 1. The first-order valence-corrected chi connectivity index (χ1v) is 6.72. The van der Waals surface area contributed by atoms with Crippen LogP contribution in [0, 0.1) is 0 Å². The maximum absolute atomic E-state index is 5.37. The van der Waals surface area contributed by atoms with Crippen molar-refractivity contribution in [3.05, 3.63) is 49.1 Å². The summed E-state index contributed by atoms with van der Waals surface area (Å²) in [5.74, 6) is 0. The summed E-state index contributed by atoms with van der Waals surface area (Å²) in [6, 6.07) is 13.1. The zero-order valence-corrected chi connectivity index (χ0v) is 8.71.